The molecule has 0 atom stereocenters. The smallest absolute Gasteiger partial charge is 0.0716 e. The molecule has 20 heavy (non-hydrogen) atoms. The van der Waals surface area contributed by atoms with Crippen LogP contribution in [0.4, 0.5) is 0 Å². The number of fused-ring (bicyclic) bond motifs is 1. The Balaban J connectivity index is 2.29. The van der Waals surface area contributed by atoms with Crippen LogP contribution in [0.3, 0.4) is 0 Å². The Morgan fingerprint density at radius 3 is 2.60 bits per heavy atom. The van der Waals surface area contributed by atoms with Crippen molar-refractivity contribution in [2.75, 3.05) is 0 Å². The number of pyridine rings is 1. The Morgan fingerprint density at radius 1 is 1.00 bits per heavy atom. The molecule has 0 unspecified atom stereocenters. The maximum absolute atomic E-state index is 9.60. The van der Waals surface area contributed by atoms with Crippen LogP contribution in [0.1, 0.15) is 16.7 Å². The Kier molecular flexibility index (Phi) is 3.25. The normalized spacial score (nSPS) is 10.9. The fourth-order valence-corrected chi connectivity index (χ4v) is 2.53. The highest BCUT2D eigenvalue weighted by Gasteiger charge is 2.08. The second-order valence-electron chi connectivity index (χ2n) is 5.16. The number of hydrogen-bond acceptors (Lipinski definition) is 2. The largest absolute Gasteiger partial charge is 0.392 e. The molecule has 0 aliphatic rings. The van der Waals surface area contributed by atoms with Crippen LogP contribution in [0.15, 0.2) is 48.5 Å². The summed E-state index contributed by atoms with van der Waals surface area (Å²) in [5, 5.41) is 10.6. The summed E-state index contributed by atoms with van der Waals surface area (Å²) in [4.78, 5) is 4.74. The minimum atomic E-state index is 0.0287. The molecule has 0 spiro atoms. The van der Waals surface area contributed by atoms with Crippen LogP contribution in [-0.4, -0.2) is 10.1 Å². The van der Waals surface area contributed by atoms with E-state index in [9.17, 15) is 5.11 Å². The lowest BCUT2D eigenvalue weighted by Gasteiger charge is -2.10. The molecular formula is C18H17NO. The summed E-state index contributed by atoms with van der Waals surface area (Å²) < 4.78 is 0. The van der Waals surface area contributed by atoms with Crippen LogP contribution < -0.4 is 0 Å². The van der Waals surface area contributed by atoms with Gasteiger partial charge in [0.1, 0.15) is 0 Å². The summed E-state index contributed by atoms with van der Waals surface area (Å²) >= 11 is 0. The molecule has 0 amide bonds. The fourth-order valence-electron chi connectivity index (χ4n) is 2.53. The maximum Gasteiger partial charge on any atom is 0.0716 e. The number of para-hydroxylation sites is 1. The molecular weight excluding hydrogens is 246 g/mol. The van der Waals surface area contributed by atoms with Gasteiger partial charge in [-0.05, 0) is 43.2 Å². The lowest BCUT2D eigenvalue weighted by molar-refractivity contribution is 0.283. The lowest BCUT2D eigenvalue weighted by atomic mass is 9.99. The van der Waals surface area contributed by atoms with Gasteiger partial charge in [0.15, 0.2) is 0 Å². The second kappa shape index (κ2) is 5.06. The van der Waals surface area contributed by atoms with Crippen molar-refractivity contribution in [2.45, 2.75) is 20.5 Å². The Bertz CT molecular complexity index is 777. The van der Waals surface area contributed by atoms with Gasteiger partial charge in [-0.2, -0.15) is 0 Å². The number of aliphatic hydroxyl groups excluding tert-OH is 1. The molecule has 100 valence electrons. The summed E-state index contributed by atoms with van der Waals surface area (Å²) in [5.41, 5.74) is 6.31. The van der Waals surface area contributed by atoms with Gasteiger partial charge in [-0.15, -0.1) is 0 Å². The minimum Gasteiger partial charge on any atom is -0.392 e. The van der Waals surface area contributed by atoms with Crippen LogP contribution in [0.5, 0.6) is 0 Å². The Morgan fingerprint density at radius 2 is 1.80 bits per heavy atom. The second-order valence-corrected chi connectivity index (χ2v) is 5.16. The molecule has 0 aliphatic carbocycles. The summed E-state index contributed by atoms with van der Waals surface area (Å²) in [6.07, 6.45) is 0. The summed E-state index contributed by atoms with van der Waals surface area (Å²) in [5.74, 6) is 0. The number of benzene rings is 2. The first kappa shape index (κ1) is 12.8. The van der Waals surface area contributed by atoms with Gasteiger partial charge >= 0.3 is 0 Å². The third-order valence-corrected chi connectivity index (χ3v) is 3.64. The fraction of sp³-hybridized carbons (Fsp3) is 0.167. The zero-order valence-electron chi connectivity index (χ0n) is 11.7. The van der Waals surface area contributed by atoms with Crippen molar-refractivity contribution < 1.29 is 5.11 Å². The first-order chi connectivity index (χ1) is 9.69. The zero-order valence-corrected chi connectivity index (χ0v) is 11.7. The van der Waals surface area contributed by atoms with E-state index in [-0.39, 0.29) is 6.61 Å². The van der Waals surface area contributed by atoms with E-state index in [4.69, 9.17) is 4.98 Å². The molecule has 2 nitrogen and oxygen atoms in total. The van der Waals surface area contributed by atoms with E-state index in [2.05, 4.69) is 32.0 Å². The van der Waals surface area contributed by atoms with E-state index >= 15 is 0 Å². The molecule has 0 bridgehead atoms. The zero-order chi connectivity index (χ0) is 14.1. The van der Waals surface area contributed by atoms with Crippen molar-refractivity contribution >= 4 is 10.9 Å². The van der Waals surface area contributed by atoms with Crippen molar-refractivity contribution in [1.29, 1.82) is 0 Å². The molecule has 3 aromatic rings. The number of aromatic nitrogens is 1. The van der Waals surface area contributed by atoms with Crippen molar-refractivity contribution in [1.82, 2.24) is 4.98 Å². The highest BCUT2D eigenvalue weighted by atomic mass is 16.3. The molecule has 0 aliphatic heterocycles. The molecule has 1 N–H and O–H groups in total. The van der Waals surface area contributed by atoms with Crippen molar-refractivity contribution in [3.05, 3.63) is 65.2 Å². The molecule has 3 rings (SSSR count). The van der Waals surface area contributed by atoms with Gasteiger partial charge in [-0.3, -0.25) is 0 Å². The number of aryl methyl sites for hydroxylation is 2. The van der Waals surface area contributed by atoms with Crippen molar-refractivity contribution in [3.8, 4) is 11.3 Å². The quantitative estimate of drug-likeness (QED) is 0.757. The Hall–Kier alpha value is -2.19. The van der Waals surface area contributed by atoms with Gasteiger partial charge in [0.2, 0.25) is 0 Å². The molecule has 0 saturated heterocycles. The summed E-state index contributed by atoms with van der Waals surface area (Å²) in [7, 11) is 0. The molecule has 0 fully saturated rings. The van der Waals surface area contributed by atoms with Crippen LogP contribution in [-0.2, 0) is 6.61 Å². The van der Waals surface area contributed by atoms with Crippen molar-refractivity contribution in [3.63, 3.8) is 0 Å². The predicted octanol–water partition coefficient (Wildman–Crippen LogP) is 4.01. The van der Waals surface area contributed by atoms with Gasteiger partial charge in [-0.25, -0.2) is 4.98 Å². The maximum atomic E-state index is 9.60. The number of rotatable bonds is 2. The number of nitrogens with zero attached hydrogens (tertiary/aromatic N) is 1. The van der Waals surface area contributed by atoms with E-state index in [0.717, 1.165) is 27.7 Å². The average molecular weight is 263 g/mol. The monoisotopic (exact) mass is 263 g/mol. The predicted molar refractivity (Wildman–Crippen MR) is 82.6 cm³/mol. The Labute approximate surface area is 118 Å². The van der Waals surface area contributed by atoms with Crippen LogP contribution in [0.25, 0.3) is 22.2 Å². The molecule has 1 heterocycles. The molecule has 0 saturated carbocycles. The van der Waals surface area contributed by atoms with Gasteiger partial charge in [0, 0.05) is 10.9 Å². The van der Waals surface area contributed by atoms with E-state index < -0.39 is 0 Å². The van der Waals surface area contributed by atoms with Gasteiger partial charge in [0.05, 0.1) is 17.8 Å². The molecule has 0 radical (unpaired) electrons. The number of hydrogen-bond donors (Lipinski definition) is 1. The molecule has 1 aromatic heterocycles. The third kappa shape index (κ3) is 2.19. The summed E-state index contributed by atoms with van der Waals surface area (Å²) in [6.45, 7) is 4.20. The highest BCUT2D eigenvalue weighted by Crippen LogP contribution is 2.27. The number of aliphatic hydroxyl groups is 1. The topological polar surface area (TPSA) is 33.1 Å². The van der Waals surface area contributed by atoms with Crippen LogP contribution in [0, 0.1) is 13.8 Å². The highest BCUT2D eigenvalue weighted by molar-refractivity contribution is 5.85. The SMILES string of the molecule is Cc1ccc(C)c(-c2cc(CO)c3ccccc3n2)c1. The van der Waals surface area contributed by atoms with Gasteiger partial charge < -0.3 is 5.11 Å². The van der Waals surface area contributed by atoms with Gasteiger partial charge in [0.25, 0.3) is 0 Å². The van der Waals surface area contributed by atoms with E-state index in [1.807, 2.05) is 30.3 Å². The standard InChI is InChI=1S/C18H17NO/c1-12-7-8-13(2)16(9-12)18-10-14(11-20)15-5-3-4-6-17(15)19-18/h3-10,20H,11H2,1-2H3. The first-order valence-electron chi connectivity index (χ1n) is 6.76. The van der Waals surface area contributed by atoms with E-state index in [0.29, 0.717) is 0 Å². The van der Waals surface area contributed by atoms with Crippen molar-refractivity contribution in [2.24, 2.45) is 0 Å². The van der Waals surface area contributed by atoms with Gasteiger partial charge in [-0.1, -0.05) is 35.9 Å². The van der Waals surface area contributed by atoms with Crippen LogP contribution in [0.2, 0.25) is 0 Å². The lowest BCUT2D eigenvalue weighted by Crippen LogP contribution is -1.94. The van der Waals surface area contributed by atoms with E-state index in [1.165, 1.54) is 11.1 Å². The first-order valence-corrected chi connectivity index (χ1v) is 6.76. The minimum absolute atomic E-state index is 0.0287. The van der Waals surface area contributed by atoms with Crippen LogP contribution >= 0.6 is 0 Å². The molecule has 2 heteroatoms. The third-order valence-electron chi connectivity index (χ3n) is 3.64. The molecule has 2 aromatic carbocycles. The average Bonchev–Trinajstić information content (AvgIpc) is 2.48. The summed E-state index contributed by atoms with van der Waals surface area (Å²) in [6, 6.07) is 16.3. The van der Waals surface area contributed by atoms with E-state index in [1.54, 1.807) is 0 Å².